The molecule has 0 radical (unpaired) electrons. The van der Waals surface area contributed by atoms with Crippen LogP contribution in [0.5, 0.6) is 0 Å². The second-order valence-electron chi connectivity index (χ2n) is 5.01. The van der Waals surface area contributed by atoms with E-state index in [0.29, 0.717) is 6.54 Å². The molecule has 112 valence electrons. The first kappa shape index (κ1) is 14.8. The van der Waals surface area contributed by atoms with Crippen LogP contribution in [0.25, 0.3) is 0 Å². The highest BCUT2D eigenvalue weighted by atomic mass is 15.3. The molecule has 2 N–H and O–H groups in total. The van der Waals surface area contributed by atoms with Crippen LogP contribution in [0.4, 0.5) is 0 Å². The van der Waals surface area contributed by atoms with Crippen LogP contribution in [0, 0.1) is 0 Å². The lowest BCUT2D eigenvalue weighted by atomic mass is 10.4. The van der Waals surface area contributed by atoms with Gasteiger partial charge >= 0.3 is 0 Å². The van der Waals surface area contributed by atoms with Crippen LogP contribution in [0.15, 0.2) is 11.3 Å². The third kappa shape index (κ3) is 4.19. The average Bonchev–Trinajstić information content (AvgIpc) is 3.22. The smallest absolute Gasteiger partial charge is 0.191 e. The number of nitrogens with zero attached hydrogens (tertiary/aromatic N) is 5. The number of aliphatic imine (C=N–C) groups is 1. The maximum atomic E-state index is 4.22. The molecule has 1 aromatic heterocycles. The van der Waals surface area contributed by atoms with E-state index in [1.165, 1.54) is 12.8 Å². The Labute approximate surface area is 120 Å². The fourth-order valence-corrected chi connectivity index (χ4v) is 2.22. The molecule has 1 heterocycles. The van der Waals surface area contributed by atoms with Crippen LogP contribution in [-0.2, 0) is 13.6 Å². The summed E-state index contributed by atoms with van der Waals surface area (Å²) in [6.45, 7) is 5.93. The van der Waals surface area contributed by atoms with Crippen molar-refractivity contribution in [3.05, 3.63) is 12.2 Å². The molecule has 1 aromatic rings. The zero-order valence-electron chi connectivity index (χ0n) is 12.6. The summed E-state index contributed by atoms with van der Waals surface area (Å²) < 4.78 is 1.76. The fourth-order valence-electron chi connectivity index (χ4n) is 2.22. The number of guanidine groups is 1. The van der Waals surface area contributed by atoms with Crippen LogP contribution in [0.3, 0.4) is 0 Å². The molecule has 7 nitrogen and oxygen atoms in total. The highest BCUT2D eigenvalue weighted by Crippen LogP contribution is 2.25. The van der Waals surface area contributed by atoms with Crippen molar-refractivity contribution in [2.24, 2.45) is 12.0 Å². The molecule has 0 aromatic carbocycles. The SMILES string of the molecule is CCN(CCNC(=NC)NCc1ncnn1C)C1CC1. The number of hydrogen-bond acceptors (Lipinski definition) is 4. The van der Waals surface area contributed by atoms with Crippen molar-refractivity contribution in [1.29, 1.82) is 0 Å². The van der Waals surface area contributed by atoms with E-state index in [2.05, 4.69) is 37.5 Å². The van der Waals surface area contributed by atoms with E-state index in [1.807, 2.05) is 7.05 Å². The van der Waals surface area contributed by atoms with Gasteiger partial charge in [0.15, 0.2) is 5.96 Å². The zero-order chi connectivity index (χ0) is 14.4. The zero-order valence-corrected chi connectivity index (χ0v) is 12.6. The molecule has 7 heteroatoms. The summed E-state index contributed by atoms with van der Waals surface area (Å²) in [6, 6.07) is 0.815. The third-order valence-corrected chi connectivity index (χ3v) is 3.60. The van der Waals surface area contributed by atoms with Crippen molar-refractivity contribution in [3.63, 3.8) is 0 Å². The highest BCUT2D eigenvalue weighted by Gasteiger charge is 2.27. The standard InChI is InChI=1S/C13H25N7/c1-4-20(11-5-6-11)8-7-15-13(14-2)16-9-12-17-10-18-19(12)3/h10-11H,4-9H2,1-3H3,(H2,14,15,16). The number of rotatable bonds is 7. The van der Waals surface area contributed by atoms with E-state index in [-0.39, 0.29) is 0 Å². The van der Waals surface area contributed by atoms with Crippen molar-refractivity contribution >= 4 is 5.96 Å². The monoisotopic (exact) mass is 279 g/mol. The molecule has 20 heavy (non-hydrogen) atoms. The Morgan fingerprint density at radius 1 is 1.50 bits per heavy atom. The first-order valence-corrected chi connectivity index (χ1v) is 7.26. The first-order chi connectivity index (χ1) is 9.74. The van der Waals surface area contributed by atoms with Gasteiger partial charge in [0.1, 0.15) is 12.2 Å². The van der Waals surface area contributed by atoms with Gasteiger partial charge in [-0.15, -0.1) is 0 Å². The summed E-state index contributed by atoms with van der Waals surface area (Å²) in [5, 5.41) is 10.6. The maximum absolute atomic E-state index is 4.22. The van der Waals surface area contributed by atoms with E-state index < -0.39 is 0 Å². The Morgan fingerprint density at radius 3 is 2.85 bits per heavy atom. The second-order valence-corrected chi connectivity index (χ2v) is 5.01. The molecule has 0 aliphatic heterocycles. The molecular formula is C13H25N7. The Bertz CT molecular complexity index is 436. The molecule has 1 fully saturated rings. The van der Waals surface area contributed by atoms with Gasteiger partial charge < -0.3 is 10.6 Å². The van der Waals surface area contributed by atoms with Gasteiger partial charge in [-0.1, -0.05) is 6.92 Å². The van der Waals surface area contributed by atoms with Crippen LogP contribution >= 0.6 is 0 Å². The van der Waals surface area contributed by atoms with Crippen molar-refractivity contribution < 1.29 is 0 Å². The Morgan fingerprint density at radius 2 is 2.30 bits per heavy atom. The van der Waals surface area contributed by atoms with Crippen LogP contribution in [-0.4, -0.2) is 58.3 Å². The number of likely N-dealkylation sites (N-methyl/N-ethyl adjacent to an activating group) is 1. The van der Waals surface area contributed by atoms with E-state index >= 15 is 0 Å². The maximum Gasteiger partial charge on any atom is 0.191 e. The van der Waals surface area contributed by atoms with Crippen LogP contribution in [0.2, 0.25) is 0 Å². The second kappa shape index (κ2) is 7.23. The van der Waals surface area contributed by atoms with Crippen molar-refractivity contribution in [1.82, 2.24) is 30.3 Å². The molecule has 0 spiro atoms. The summed E-state index contributed by atoms with van der Waals surface area (Å²) in [5.74, 6) is 1.70. The Balaban J connectivity index is 1.68. The molecule has 1 aliphatic rings. The molecule has 0 bridgehead atoms. The number of hydrogen-bond donors (Lipinski definition) is 2. The highest BCUT2D eigenvalue weighted by molar-refractivity contribution is 5.79. The predicted molar refractivity (Wildman–Crippen MR) is 79.5 cm³/mol. The van der Waals surface area contributed by atoms with E-state index in [4.69, 9.17) is 0 Å². The Kier molecular flexibility index (Phi) is 5.34. The lowest BCUT2D eigenvalue weighted by molar-refractivity contribution is 0.282. The number of aromatic nitrogens is 3. The predicted octanol–water partition coefficient (Wildman–Crippen LogP) is -0.0356. The van der Waals surface area contributed by atoms with Gasteiger partial charge in [-0.25, -0.2) is 4.98 Å². The van der Waals surface area contributed by atoms with Gasteiger partial charge in [-0.2, -0.15) is 5.10 Å². The molecule has 1 aliphatic carbocycles. The largest absolute Gasteiger partial charge is 0.355 e. The minimum atomic E-state index is 0.621. The lowest BCUT2D eigenvalue weighted by Crippen LogP contribution is -2.42. The fraction of sp³-hybridized carbons (Fsp3) is 0.769. The van der Waals surface area contributed by atoms with Gasteiger partial charge in [-0.3, -0.25) is 14.6 Å². The van der Waals surface area contributed by atoms with Crippen LogP contribution in [0.1, 0.15) is 25.6 Å². The quantitative estimate of drug-likeness (QED) is 0.541. The molecule has 0 unspecified atom stereocenters. The Hall–Kier alpha value is -1.63. The topological polar surface area (TPSA) is 70.4 Å². The summed E-state index contributed by atoms with van der Waals surface area (Å²) in [5.41, 5.74) is 0. The normalized spacial score (nSPS) is 15.7. The summed E-state index contributed by atoms with van der Waals surface area (Å²) in [7, 11) is 3.67. The van der Waals surface area contributed by atoms with Gasteiger partial charge in [-0.05, 0) is 19.4 Å². The average molecular weight is 279 g/mol. The molecule has 0 amide bonds. The molecule has 1 saturated carbocycles. The van der Waals surface area contributed by atoms with Crippen molar-refractivity contribution in [2.75, 3.05) is 26.7 Å². The third-order valence-electron chi connectivity index (χ3n) is 3.60. The summed E-state index contributed by atoms with van der Waals surface area (Å²) >= 11 is 0. The van der Waals surface area contributed by atoms with Gasteiger partial charge in [0.25, 0.3) is 0 Å². The van der Waals surface area contributed by atoms with Gasteiger partial charge in [0, 0.05) is 33.2 Å². The van der Waals surface area contributed by atoms with Gasteiger partial charge in [0.05, 0.1) is 6.54 Å². The van der Waals surface area contributed by atoms with Crippen molar-refractivity contribution in [2.45, 2.75) is 32.4 Å². The molecular weight excluding hydrogens is 254 g/mol. The minimum Gasteiger partial charge on any atom is -0.355 e. The van der Waals surface area contributed by atoms with E-state index in [0.717, 1.165) is 37.5 Å². The number of aryl methyl sites for hydroxylation is 1. The summed E-state index contributed by atoms with van der Waals surface area (Å²) in [6.07, 6.45) is 4.27. The first-order valence-electron chi connectivity index (χ1n) is 7.26. The molecule has 2 rings (SSSR count). The minimum absolute atomic E-state index is 0.621. The van der Waals surface area contributed by atoms with Crippen LogP contribution < -0.4 is 10.6 Å². The lowest BCUT2D eigenvalue weighted by Gasteiger charge is -2.20. The van der Waals surface area contributed by atoms with E-state index in [1.54, 1.807) is 18.1 Å². The molecule has 0 atom stereocenters. The summed E-state index contributed by atoms with van der Waals surface area (Å²) in [4.78, 5) is 10.9. The molecule has 0 saturated heterocycles. The van der Waals surface area contributed by atoms with E-state index in [9.17, 15) is 0 Å². The van der Waals surface area contributed by atoms with Gasteiger partial charge in [0.2, 0.25) is 0 Å². The number of nitrogens with one attached hydrogen (secondary N) is 2. The van der Waals surface area contributed by atoms with Crippen molar-refractivity contribution in [3.8, 4) is 0 Å².